The average Bonchev–Trinajstić information content (AvgIpc) is 2.76. The van der Waals surface area contributed by atoms with Crippen LogP contribution in [0.4, 0.5) is 10.1 Å². The van der Waals surface area contributed by atoms with Crippen LogP contribution < -0.4 is 10.6 Å². The highest BCUT2D eigenvalue weighted by atomic mass is 35.5. The number of anilines is 1. The Morgan fingerprint density at radius 3 is 2.71 bits per heavy atom. The highest BCUT2D eigenvalue weighted by molar-refractivity contribution is 7.80. The van der Waals surface area contributed by atoms with Gasteiger partial charge in [0.15, 0.2) is 5.11 Å². The van der Waals surface area contributed by atoms with Crippen molar-refractivity contribution in [1.29, 1.82) is 0 Å². The molecular weight excluding hydrogens is 259 g/mol. The maximum atomic E-state index is 13.2. The summed E-state index contributed by atoms with van der Waals surface area (Å²) in [6, 6.07) is 5.00. The average molecular weight is 273 g/mol. The monoisotopic (exact) mass is 272 g/mol. The van der Waals surface area contributed by atoms with Crippen LogP contribution in [0.15, 0.2) is 18.2 Å². The van der Waals surface area contributed by atoms with Gasteiger partial charge in [0.2, 0.25) is 0 Å². The third-order valence-electron chi connectivity index (χ3n) is 2.87. The molecule has 1 aliphatic carbocycles. The summed E-state index contributed by atoms with van der Waals surface area (Å²) in [4.78, 5) is 0. The number of hydrogen-bond donors (Lipinski definition) is 2. The Kier molecular flexibility index (Phi) is 4.18. The van der Waals surface area contributed by atoms with E-state index in [0.29, 0.717) is 16.8 Å². The molecule has 0 unspecified atom stereocenters. The van der Waals surface area contributed by atoms with E-state index in [2.05, 4.69) is 10.6 Å². The first-order valence-corrected chi connectivity index (χ1v) is 6.46. The van der Waals surface area contributed by atoms with Crippen LogP contribution in [0.25, 0.3) is 0 Å². The molecule has 1 aromatic rings. The van der Waals surface area contributed by atoms with E-state index in [-0.39, 0.29) is 5.02 Å². The predicted octanol–water partition coefficient (Wildman–Crippen LogP) is 3.71. The van der Waals surface area contributed by atoms with Crippen molar-refractivity contribution < 1.29 is 4.39 Å². The van der Waals surface area contributed by atoms with Gasteiger partial charge in [-0.3, -0.25) is 0 Å². The van der Waals surface area contributed by atoms with Gasteiger partial charge in [0.05, 0.1) is 5.02 Å². The third kappa shape index (κ3) is 3.54. The van der Waals surface area contributed by atoms with E-state index < -0.39 is 5.82 Å². The summed E-state index contributed by atoms with van der Waals surface area (Å²) in [5.74, 6) is -0.444. The van der Waals surface area contributed by atoms with Crippen molar-refractivity contribution in [3.63, 3.8) is 0 Å². The van der Waals surface area contributed by atoms with Gasteiger partial charge in [0.1, 0.15) is 5.82 Å². The quantitative estimate of drug-likeness (QED) is 0.803. The Hall–Kier alpha value is -0.870. The van der Waals surface area contributed by atoms with Crippen molar-refractivity contribution in [3.05, 3.63) is 29.0 Å². The molecule has 0 aliphatic heterocycles. The summed E-state index contributed by atoms with van der Waals surface area (Å²) in [5, 5.41) is 6.84. The molecule has 0 saturated heterocycles. The number of benzene rings is 1. The minimum Gasteiger partial charge on any atom is -0.360 e. The van der Waals surface area contributed by atoms with Gasteiger partial charge < -0.3 is 10.6 Å². The van der Waals surface area contributed by atoms with E-state index in [1.54, 1.807) is 6.07 Å². The highest BCUT2D eigenvalue weighted by Gasteiger charge is 2.15. The van der Waals surface area contributed by atoms with Crippen molar-refractivity contribution in [2.24, 2.45) is 0 Å². The Labute approximate surface area is 111 Å². The van der Waals surface area contributed by atoms with E-state index in [4.69, 9.17) is 23.8 Å². The standard InChI is InChI=1S/C12H14ClFN2S/c13-10-6-5-9(7-11(10)14)16-12(17)15-8-3-1-2-4-8/h5-8H,1-4H2,(H2,15,16,17). The smallest absolute Gasteiger partial charge is 0.170 e. The summed E-state index contributed by atoms with van der Waals surface area (Å²) in [5.41, 5.74) is 0.613. The normalized spacial score (nSPS) is 15.9. The highest BCUT2D eigenvalue weighted by Crippen LogP contribution is 2.20. The van der Waals surface area contributed by atoms with Gasteiger partial charge in [0, 0.05) is 11.7 Å². The zero-order valence-corrected chi connectivity index (χ0v) is 10.9. The molecule has 0 aromatic heterocycles. The van der Waals surface area contributed by atoms with Crippen LogP contribution in [0, 0.1) is 5.82 Å². The maximum Gasteiger partial charge on any atom is 0.170 e. The molecule has 1 aliphatic rings. The molecule has 0 amide bonds. The van der Waals surface area contributed by atoms with Crippen LogP contribution in [0.3, 0.4) is 0 Å². The lowest BCUT2D eigenvalue weighted by atomic mass is 10.2. The van der Waals surface area contributed by atoms with Gasteiger partial charge in [-0.05, 0) is 43.3 Å². The fourth-order valence-electron chi connectivity index (χ4n) is 2.00. The SMILES string of the molecule is Fc1cc(NC(=S)NC2CCCC2)ccc1Cl. The number of nitrogens with one attached hydrogen (secondary N) is 2. The first kappa shape index (κ1) is 12.6. The number of halogens is 2. The van der Waals surface area contributed by atoms with Gasteiger partial charge in [-0.15, -0.1) is 0 Å². The predicted molar refractivity (Wildman–Crippen MR) is 73.0 cm³/mol. The second kappa shape index (κ2) is 5.65. The number of thiocarbonyl (C=S) groups is 1. The van der Waals surface area contributed by atoms with Gasteiger partial charge in [-0.1, -0.05) is 24.4 Å². The first-order chi connectivity index (χ1) is 8.15. The van der Waals surface area contributed by atoms with E-state index in [0.717, 1.165) is 12.8 Å². The molecule has 2 rings (SSSR count). The Morgan fingerprint density at radius 1 is 1.35 bits per heavy atom. The van der Waals surface area contributed by atoms with Gasteiger partial charge in [0.25, 0.3) is 0 Å². The van der Waals surface area contributed by atoms with Gasteiger partial charge >= 0.3 is 0 Å². The summed E-state index contributed by atoms with van der Waals surface area (Å²) in [7, 11) is 0. The molecule has 2 N–H and O–H groups in total. The van der Waals surface area contributed by atoms with E-state index in [9.17, 15) is 4.39 Å². The van der Waals surface area contributed by atoms with Gasteiger partial charge in [-0.25, -0.2) is 4.39 Å². The first-order valence-electron chi connectivity index (χ1n) is 5.68. The lowest BCUT2D eigenvalue weighted by Gasteiger charge is -2.15. The van der Waals surface area contributed by atoms with Crippen molar-refractivity contribution in [2.45, 2.75) is 31.7 Å². The third-order valence-corrected chi connectivity index (χ3v) is 3.39. The molecule has 2 nitrogen and oxygen atoms in total. The largest absolute Gasteiger partial charge is 0.360 e. The minimum absolute atomic E-state index is 0.116. The summed E-state index contributed by atoms with van der Waals surface area (Å²) < 4.78 is 13.2. The molecule has 1 saturated carbocycles. The van der Waals surface area contributed by atoms with Crippen molar-refractivity contribution in [3.8, 4) is 0 Å². The van der Waals surface area contributed by atoms with Crippen molar-refractivity contribution >= 4 is 34.6 Å². The van der Waals surface area contributed by atoms with E-state index in [1.807, 2.05) is 0 Å². The van der Waals surface area contributed by atoms with Gasteiger partial charge in [-0.2, -0.15) is 0 Å². The van der Waals surface area contributed by atoms with Crippen LogP contribution in [-0.4, -0.2) is 11.2 Å². The molecule has 0 spiro atoms. The Balaban J connectivity index is 1.90. The molecule has 0 atom stereocenters. The lowest BCUT2D eigenvalue weighted by Crippen LogP contribution is -2.35. The summed E-state index contributed by atoms with van der Waals surface area (Å²) >= 11 is 10.8. The number of rotatable bonds is 2. The van der Waals surface area contributed by atoms with E-state index >= 15 is 0 Å². The number of hydrogen-bond acceptors (Lipinski definition) is 1. The van der Waals surface area contributed by atoms with Crippen LogP contribution in [0.1, 0.15) is 25.7 Å². The molecule has 5 heteroatoms. The Bertz CT molecular complexity index is 419. The second-order valence-electron chi connectivity index (χ2n) is 4.21. The zero-order chi connectivity index (χ0) is 12.3. The maximum absolute atomic E-state index is 13.2. The summed E-state index contributed by atoms with van der Waals surface area (Å²) in [6.45, 7) is 0. The van der Waals surface area contributed by atoms with Crippen molar-refractivity contribution in [2.75, 3.05) is 5.32 Å². The summed E-state index contributed by atoms with van der Waals surface area (Å²) in [6.07, 6.45) is 4.79. The molecular formula is C12H14ClFN2S. The molecule has 0 heterocycles. The topological polar surface area (TPSA) is 24.1 Å². The lowest BCUT2D eigenvalue weighted by molar-refractivity contribution is 0.628. The Morgan fingerprint density at radius 2 is 2.06 bits per heavy atom. The molecule has 17 heavy (non-hydrogen) atoms. The second-order valence-corrected chi connectivity index (χ2v) is 5.02. The zero-order valence-electron chi connectivity index (χ0n) is 9.30. The molecule has 1 aromatic carbocycles. The molecule has 0 bridgehead atoms. The molecule has 1 fully saturated rings. The molecule has 0 radical (unpaired) electrons. The van der Waals surface area contributed by atoms with Crippen LogP contribution >= 0.6 is 23.8 Å². The van der Waals surface area contributed by atoms with Crippen LogP contribution in [-0.2, 0) is 0 Å². The minimum atomic E-state index is -0.444. The fraction of sp³-hybridized carbons (Fsp3) is 0.417. The van der Waals surface area contributed by atoms with E-state index in [1.165, 1.54) is 25.0 Å². The van der Waals surface area contributed by atoms with Crippen LogP contribution in [0.5, 0.6) is 0 Å². The fourth-order valence-corrected chi connectivity index (χ4v) is 2.40. The van der Waals surface area contributed by atoms with Crippen molar-refractivity contribution in [1.82, 2.24) is 5.32 Å². The molecule has 92 valence electrons. The van der Waals surface area contributed by atoms with Crippen LogP contribution in [0.2, 0.25) is 5.02 Å².